The van der Waals surface area contributed by atoms with Gasteiger partial charge >= 0.3 is 0 Å². The first-order chi connectivity index (χ1) is 21.2. The van der Waals surface area contributed by atoms with Crippen molar-refractivity contribution in [3.8, 4) is 17.2 Å². The predicted molar refractivity (Wildman–Crippen MR) is 176 cm³/mol. The largest absolute Gasteiger partial charge is 0.504 e. The number of methoxy groups -OCH3 is 1. The summed E-state index contributed by atoms with van der Waals surface area (Å²) in [7, 11) is 2.98. The van der Waals surface area contributed by atoms with Crippen molar-refractivity contribution in [2.24, 2.45) is 17.8 Å². The van der Waals surface area contributed by atoms with Crippen LogP contribution in [-0.2, 0) is 9.59 Å². The number of carbonyl (C=O) groups is 2. The number of para-hydroxylation sites is 1. The highest BCUT2D eigenvalue weighted by Crippen LogP contribution is 2.46. The fourth-order valence-electron chi connectivity index (χ4n) is 6.37. The molecule has 230 valence electrons. The lowest BCUT2D eigenvalue weighted by Crippen LogP contribution is -2.39. The van der Waals surface area contributed by atoms with Gasteiger partial charge in [0.15, 0.2) is 11.5 Å². The van der Waals surface area contributed by atoms with Gasteiger partial charge in [0.1, 0.15) is 12.4 Å². The van der Waals surface area contributed by atoms with Crippen molar-refractivity contribution in [2.75, 3.05) is 27.4 Å². The maximum atomic E-state index is 13.2. The van der Waals surface area contributed by atoms with E-state index in [2.05, 4.69) is 22.6 Å². The lowest BCUT2D eigenvalue weighted by molar-refractivity contribution is -0.138. The van der Waals surface area contributed by atoms with Crippen molar-refractivity contribution in [3.63, 3.8) is 0 Å². The van der Waals surface area contributed by atoms with Gasteiger partial charge in [-0.05, 0) is 94.0 Å². The van der Waals surface area contributed by atoms with Gasteiger partial charge in [-0.25, -0.2) is 0 Å². The van der Waals surface area contributed by atoms with Crippen LogP contribution in [0.1, 0.15) is 30.4 Å². The third kappa shape index (κ3) is 6.55. The van der Waals surface area contributed by atoms with Crippen molar-refractivity contribution >= 4 is 46.1 Å². The number of rotatable bonds is 11. The second kappa shape index (κ2) is 14.0. The quantitative estimate of drug-likeness (QED) is 0.107. The van der Waals surface area contributed by atoms with Crippen LogP contribution in [-0.4, -0.2) is 65.5 Å². The van der Waals surface area contributed by atoms with Gasteiger partial charge in [0.2, 0.25) is 11.8 Å². The standard InChI is InChI=1S/C35H36INO7/c1-37-34(41)26-18-24(20-44-25-11-7-4-8-12-25)31(27(19-38)32(26)35(37)42)29(39)14-13-23(22-9-5-3-6-10-22)15-21-16-28(36)33(40)30(17-21)43-2/h3-12,15-17,26-27,29,32,38-40H,13-14,18-20H2,1-2H3/b23-15-/t26-,27+,29-,32-/m1/s1. The molecule has 0 bridgehead atoms. The molecular formula is C35H36INO7. The maximum Gasteiger partial charge on any atom is 0.233 e. The number of aliphatic hydroxyl groups excluding tert-OH is 2. The Labute approximate surface area is 270 Å². The number of amides is 2. The number of fused-ring (bicyclic) bond motifs is 1. The number of benzene rings is 3. The molecule has 2 aliphatic rings. The van der Waals surface area contributed by atoms with Crippen LogP contribution >= 0.6 is 22.6 Å². The SMILES string of the molecule is COc1cc(/C=C(/CC[C@@H](O)C2=C(COc3ccccc3)C[C@H]3C(=O)N(C)C(=O)[C@H]3[C@H]2CO)c2ccccc2)cc(I)c1O. The zero-order chi connectivity index (χ0) is 31.4. The van der Waals surface area contributed by atoms with Crippen LogP contribution in [0.2, 0.25) is 0 Å². The Morgan fingerprint density at radius 1 is 1.07 bits per heavy atom. The molecule has 1 aliphatic heterocycles. The zero-order valence-electron chi connectivity index (χ0n) is 24.7. The Hall–Kier alpha value is -3.67. The molecule has 0 unspecified atom stereocenters. The minimum Gasteiger partial charge on any atom is -0.504 e. The van der Waals surface area contributed by atoms with E-state index in [4.69, 9.17) is 9.47 Å². The summed E-state index contributed by atoms with van der Waals surface area (Å²) in [5.41, 5.74) is 4.08. The molecule has 3 aromatic carbocycles. The highest BCUT2D eigenvalue weighted by molar-refractivity contribution is 14.1. The summed E-state index contributed by atoms with van der Waals surface area (Å²) in [5.74, 6) is -1.52. The molecule has 1 fully saturated rings. The highest BCUT2D eigenvalue weighted by Gasteiger charge is 2.53. The molecule has 0 saturated carbocycles. The maximum absolute atomic E-state index is 13.2. The molecule has 9 heteroatoms. The summed E-state index contributed by atoms with van der Waals surface area (Å²) in [6, 6.07) is 22.7. The van der Waals surface area contributed by atoms with Gasteiger partial charge in [-0.3, -0.25) is 14.5 Å². The van der Waals surface area contributed by atoms with E-state index in [0.717, 1.165) is 27.2 Å². The van der Waals surface area contributed by atoms with E-state index in [1.54, 1.807) is 6.07 Å². The van der Waals surface area contributed by atoms with E-state index in [0.29, 0.717) is 33.5 Å². The number of ether oxygens (including phenoxy) is 2. The smallest absolute Gasteiger partial charge is 0.233 e. The Balaban J connectivity index is 1.48. The highest BCUT2D eigenvalue weighted by atomic mass is 127. The molecular weight excluding hydrogens is 673 g/mol. The fourth-order valence-corrected chi connectivity index (χ4v) is 7.00. The zero-order valence-corrected chi connectivity index (χ0v) is 26.8. The number of likely N-dealkylation sites (tertiary alicyclic amines) is 1. The van der Waals surface area contributed by atoms with Gasteiger partial charge < -0.3 is 24.8 Å². The first-order valence-corrected chi connectivity index (χ1v) is 15.6. The molecule has 1 heterocycles. The third-order valence-electron chi connectivity index (χ3n) is 8.56. The first kappa shape index (κ1) is 31.7. The topological polar surface area (TPSA) is 117 Å². The number of carbonyl (C=O) groups excluding carboxylic acids is 2. The Morgan fingerprint density at radius 2 is 1.75 bits per heavy atom. The molecule has 2 amide bonds. The molecule has 0 radical (unpaired) electrons. The summed E-state index contributed by atoms with van der Waals surface area (Å²) in [6.07, 6.45) is 2.08. The summed E-state index contributed by atoms with van der Waals surface area (Å²) < 4.78 is 12.1. The fraction of sp³-hybridized carbons (Fsp3) is 0.314. The van der Waals surface area contributed by atoms with Gasteiger partial charge in [0.25, 0.3) is 0 Å². The van der Waals surface area contributed by atoms with Gasteiger partial charge in [0, 0.05) is 13.0 Å². The molecule has 1 aliphatic carbocycles. The molecule has 4 atom stereocenters. The number of phenols is 1. The van der Waals surface area contributed by atoms with Crippen LogP contribution in [0.4, 0.5) is 0 Å². The van der Waals surface area contributed by atoms with Gasteiger partial charge in [-0.15, -0.1) is 0 Å². The molecule has 3 aromatic rings. The molecule has 0 spiro atoms. The number of phenolic OH excluding ortho intramolecular Hbond substituents is 1. The number of aromatic hydroxyl groups is 1. The number of nitrogens with zero attached hydrogens (tertiary/aromatic N) is 1. The average Bonchev–Trinajstić information content (AvgIpc) is 3.26. The van der Waals surface area contributed by atoms with E-state index in [-0.39, 0.29) is 37.2 Å². The predicted octanol–water partition coefficient (Wildman–Crippen LogP) is 5.31. The van der Waals surface area contributed by atoms with Crippen LogP contribution < -0.4 is 9.47 Å². The van der Waals surface area contributed by atoms with Crippen LogP contribution in [0.15, 0.2) is 83.9 Å². The van der Waals surface area contributed by atoms with Gasteiger partial charge in [-0.2, -0.15) is 0 Å². The van der Waals surface area contributed by atoms with Gasteiger partial charge in [-0.1, -0.05) is 54.6 Å². The number of allylic oxidation sites excluding steroid dienone is 1. The van der Waals surface area contributed by atoms with Crippen LogP contribution in [0.25, 0.3) is 11.6 Å². The van der Waals surface area contributed by atoms with Crippen LogP contribution in [0.5, 0.6) is 17.2 Å². The van der Waals surface area contributed by atoms with Crippen LogP contribution in [0, 0.1) is 21.3 Å². The molecule has 3 N–H and O–H groups in total. The molecule has 1 saturated heterocycles. The van der Waals surface area contributed by atoms with E-state index in [1.807, 2.05) is 72.8 Å². The molecule has 5 rings (SSSR count). The summed E-state index contributed by atoms with van der Waals surface area (Å²) >= 11 is 2.06. The Morgan fingerprint density at radius 3 is 2.41 bits per heavy atom. The lowest BCUT2D eigenvalue weighted by Gasteiger charge is -2.36. The molecule has 0 aromatic heterocycles. The van der Waals surface area contributed by atoms with E-state index >= 15 is 0 Å². The van der Waals surface area contributed by atoms with E-state index in [9.17, 15) is 24.9 Å². The van der Waals surface area contributed by atoms with Crippen molar-refractivity contribution < 1.29 is 34.4 Å². The average molecular weight is 710 g/mol. The van der Waals surface area contributed by atoms with E-state index in [1.165, 1.54) is 14.2 Å². The lowest BCUT2D eigenvalue weighted by atomic mass is 9.68. The second-order valence-electron chi connectivity index (χ2n) is 11.2. The number of hydrogen-bond donors (Lipinski definition) is 3. The molecule has 8 nitrogen and oxygen atoms in total. The number of imide groups is 1. The van der Waals surface area contributed by atoms with Crippen molar-refractivity contribution in [3.05, 3.63) is 98.6 Å². The second-order valence-corrected chi connectivity index (χ2v) is 12.3. The van der Waals surface area contributed by atoms with Crippen molar-refractivity contribution in [1.82, 2.24) is 4.90 Å². The minimum atomic E-state index is -0.988. The summed E-state index contributed by atoms with van der Waals surface area (Å²) in [6.45, 7) is -0.239. The summed E-state index contributed by atoms with van der Waals surface area (Å²) in [4.78, 5) is 27.3. The van der Waals surface area contributed by atoms with Crippen molar-refractivity contribution in [2.45, 2.75) is 25.4 Å². The monoisotopic (exact) mass is 709 g/mol. The molecule has 44 heavy (non-hydrogen) atoms. The Kier molecular flexibility index (Phi) is 10.1. The van der Waals surface area contributed by atoms with Crippen molar-refractivity contribution in [1.29, 1.82) is 0 Å². The number of halogens is 1. The number of hydrogen-bond acceptors (Lipinski definition) is 7. The van der Waals surface area contributed by atoms with Crippen LogP contribution in [0.3, 0.4) is 0 Å². The first-order valence-electron chi connectivity index (χ1n) is 14.6. The van der Waals surface area contributed by atoms with E-state index < -0.39 is 23.9 Å². The number of aliphatic hydroxyl groups is 2. The normalized spacial score (nSPS) is 21.0. The Bertz CT molecular complexity index is 1570. The third-order valence-corrected chi connectivity index (χ3v) is 9.38. The minimum absolute atomic E-state index is 0.0790. The van der Waals surface area contributed by atoms with Gasteiger partial charge in [0.05, 0.1) is 35.2 Å². The summed E-state index contributed by atoms with van der Waals surface area (Å²) in [5, 5.41) is 32.7.